The average molecular weight is 200 g/mol. The van der Waals surface area contributed by atoms with Gasteiger partial charge >= 0.3 is 5.97 Å². The molecule has 0 unspecified atom stereocenters. The van der Waals surface area contributed by atoms with Gasteiger partial charge in [0.05, 0.1) is 0 Å². The zero-order valence-corrected chi connectivity index (χ0v) is 8.27. The highest BCUT2D eigenvalue weighted by atomic mass is 16.4. The van der Waals surface area contributed by atoms with Gasteiger partial charge in [0.15, 0.2) is 0 Å². The number of carboxylic acids is 1. The van der Waals surface area contributed by atoms with E-state index in [2.05, 4.69) is 6.58 Å². The van der Waals surface area contributed by atoms with E-state index in [1.165, 1.54) is 7.05 Å². The highest BCUT2D eigenvalue weighted by Gasteiger charge is 2.24. The Morgan fingerprint density at radius 2 is 2.21 bits per heavy atom. The molecule has 0 fully saturated rings. The van der Waals surface area contributed by atoms with E-state index in [9.17, 15) is 9.59 Å². The molecular formula is C9H16N2O3. The van der Waals surface area contributed by atoms with E-state index in [-0.39, 0.29) is 0 Å². The monoisotopic (exact) mass is 200 g/mol. The van der Waals surface area contributed by atoms with Crippen molar-refractivity contribution in [1.29, 1.82) is 0 Å². The molecule has 0 aromatic carbocycles. The molecule has 0 rings (SSSR count). The molecule has 0 bridgehead atoms. The maximum atomic E-state index is 11.1. The summed E-state index contributed by atoms with van der Waals surface area (Å²) in [6.07, 6.45) is 2.03. The number of hydrogen-bond donors (Lipinski definition) is 2. The molecule has 0 aliphatic heterocycles. The second-order valence-corrected chi connectivity index (χ2v) is 2.94. The van der Waals surface area contributed by atoms with Gasteiger partial charge in [-0.3, -0.25) is 4.79 Å². The second kappa shape index (κ2) is 6.15. The number of carbonyl (C=O) groups is 2. The number of carbonyl (C=O) groups excluding carboxylic acids is 1. The molecule has 0 radical (unpaired) electrons. The predicted octanol–water partition coefficient (Wildman–Crippen LogP) is -0.177. The van der Waals surface area contributed by atoms with E-state index >= 15 is 0 Å². The van der Waals surface area contributed by atoms with Crippen LogP contribution in [0.5, 0.6) is 0 Å². The number of nitrogens with two attached hydrogens (primary N) is 1. The molecule has 0 saturated carbocycles. The second-order valence-electron chi connectivity index (χ2n) is 2.94. The van der Waals surface area contributed by atoms with Gasteiger partial charge in [-0.05, 0) is 25.5 Å². The number of likely N-dealkylation sites (N-methyl/N-ethyl adjacent to an activating group) is 1. The molecule has 0 aliphatic carbocycles. The van der Waals surface area contributed by atoms with Crippen molar-refractivity contribution in [2.45, 2.75) is 18.9 Å². The van der Waals surface area contributed by atoms with E-state index in [1.54, 1.807) is 0 Å². The number of aliphatic carboxylic acids is 1. The molecule has 0 aromatic rings. The summed E-state index contributed by atoms with van der Waals surface area (Å²) < 4.78 is 0. The molecule has 0 aliphatic rings. The first-order valence-corrected chi connectivity index (χ1v) is 4.36. The van der Waals surface area contributed by atoms with Gasteiger partial charge in [0.1, 0.15) is 6.04 Å². The van der Waals surface area contributed by atoms with Crippen molar-refractivity contribution in [3.63, 3.8) is 0 Å². The van der Waals surface area contributed by atoms with Crippen LogP contribution in [0.15, 0.2) is 12.7 Å². The average Bonchev–Trinajstić information content (AvgIpc) is 2.16. The third kappa shape index (κ3) is 3.57. The molecule has 1 atom stereocenters. The van der Waals surface area contributed by atoms with E-state index in [1.807, 2.05) is 0 Å². The summed E-state index contributed by atoms with van der Waals surface area (Å²) >= 11 is 0. The summed E-state index contributed by atoms with van der Waals surface area (Å²) in [7, 11) is 1.44. The normalized spacial score (nSPS) is 11.9. The minimum atomic E-state index is -1.02. The first kappa shape index (κ1) is 12.6. The maximum Gasteiger partial charge on any atom is 0.326 e. The number of nitrogens with zero attached hydrogens (tertiary/aromatic N) is 1. The summed E-state index contributed by atoms with van der Waals surface area (Å²) in [5, 5.41) is 8.85. The zero-order valence-electron chi connectivity index (χ0n) is 8.27. The number of carboxylic acid groups (broad SMARTS) is 1. The van der Waals surface area contributed by atoms with Gasteiger partial charge in [-0.25, -0.2) is 4.79 Å². The molecule has 0 spiro atoms. The lowest BCUT2D eigenvalue weighted by atomic mass is 10.1. The Balaban J connectivity index is 4.40. The molecule has 5 heteroatoms. The molecule has 14 heavy (non-hydrogen) atoms. The summed E-state index contributed by atoms with van der Waals surface area (Å²) in [5.41, 5.74) is 5.27. The Morgan fingerprint density at radius 1 is 1.64 bits per heavy atom. The summed E-state index contributed by atoms with van der Waals surface area (Å²) in [6, 6.07) is -0.816. The third-order valence-electron chi connectivity index (χ3n) is 1.96. The largest absolute Gasteiger partial charge is 0.480 e. The highest BCUT2D eigenvalue weighted by Crippen LogP contribution is 2.05. The first-order chi connectivity index (χ1) is 6.54. The van der Waals surface area contributed by atoms with Gasteiger partial charge in [0.25, 0.3) is 0 Å². The minimum absolute atomic E-state index is 0.363. The molecule has 0 saturated heterocycles. The Kier molecular flexibility index (Phi) is 5.55. The maximum absolute atomic E-state index is 11.1. The van der Waals surface area contributed by atoms with Crippen LogP contribution in [0, 0.1) is 0 Å². The van der Waals surface area contributed by atoms with E-state index in [0.717, 1.165) is 11.0 Å². The van der Waals surface area contributed by atoms with Crippen LogP contribution in [0.2, 0.25) is 0 Å². The molecule has 0 heterocycles. The van der Waals surface area contributed by atoms with Crippen LogP contribution >= 0.6 is 0 Å². The van der Waals surface area contributed by atoms with Crippen LogP contribution in [0.25, 0.3) is 0 Å². The molecule has 3 N–H and O–H groups in total. The summed E-state index contributed by atoms with van der Waals surface area (Å²) in [5.74, 6) is -1.41. The molecule has 0 aromatic heterocycles. The fourth-order valence-corrected chi connectivity index (χ4v) is 1.09. The van der Waals surface area contributed by atoms with Crippen LogP contribution in [0.4, 0.5) is 0 Å². The molecule has 1 amide bonds. The molecule has 80 valence electrons. The van der Waals surface area contributed by atoms with Crippen molar-refractivity contribution in [1.82, 2.24) is 4.90 Å². The van der Waals surface area contributed by atoms with Crippen LogP contribution in [-0.2, 0) is 9.59 Å². The van der Waals surface area contributed by atoms with E-state index in [0.29, 0.717) is 19.4 Å². The van der Waals surface area contributed by atoms with Crippen molar-refractivity contribution in [2.24, 2.45) is 5.73 Å². The Bertz CT molecular complexity index is 228. The predicted molar refractivity (Wildman–Crippen MR) is 52.7 cm³/mol. The topological polar surface area (TPSA) is 83.6 Å². The molecular weight excluding hydrogens is 184 g/mol. The van der Waals surface area contributed by atoms with Crippen molar-refractivity contribution in [3.05, 3.63) is 12.7 Å². The highest BCUT2D eigenvalue weighted by molar-refractivity contribution is 5.90. The van der Waals surface area contributed by atoms with Crippen molar-refractivity contribution in [2.75, 3.05) is 13.6 Å². The fraction of sp³-hybridized carbons (Fsp3) is 0.556. The lowest BCUT2D eigenvalue weighted by Gasteiger charge is -2.23. The van der Waals surface area contributed by atoms with Crippen LogP contribution in [0.3, 0.4) is 0 Å². The summed E-state index contributed by atoms with van der Waals surface area (Å²) in [4.78, 5) is 23.1. The SMILES string of the molecule is C=CC(=O)N(C)[C@@H](CCCN)C(=O)O. The van der Waals surface area contributed by atoms with Gasteiger partial charge in [-0.1, -0.05) is 6.58 Å². The zero-order chi connectivity index (χ0) is 11.1. The lowest BCUT2D eigenvalue weighted by Crippen LogP contribution is -2.41. The summed E-state index contributed by atoms with van der Waals surface area (Å²) in [6.45, 7) is 3.71. The van der Waals surface area contributed by atoms with Crippen LogP contribution in [-0.4, -0.2) is 41.5 Å². The van der Waals surface area contributed by atoms with Gasteiger partial charge in [-0.15, -0.1) is 0 Å². The van der Waals surface area contributed by atoms with Gasteiger partial charge in [-0.2, -0.15) is 0 Å². The Hall–Kier alpha value is -1.36. The van der Waals surface area contributed by atoms with E-state index in [4.69, 9.17) is 10.8 Å². The van der Waals surface area contributed by atoms with Crippen molar-refractivity contribution < 1.29 is 14.7 Å². The van der Waals surface area contributed by atoms with Crippen molar-refractivity contribution >= 4 is 11.9 Å². The smallest absolute Gasteiger partial charge is 0.326 e. The lowest BCUT2D eigenvalue weighted by molar-refractivity contribution is -0.147. The van der Waals surface area contributed by atoms with Gasteiger partial charge in [0.2, 0.25) is 5.91 Å². The number of amides is 1. The Labute approximate surface area is 83.2 Å². The first-order valence-electron chi connectivity index (χ1n) is 4.36. The van der Waals surface area contributed by atoms with E-state index < -0.39 is 17.9 Å². The van der Waals surface area contributed by atoms with Crippen LogP contribution in [0.1, 0.15) is 12.8 Å². The number of rotatable bonds is 6. The standard InChI is InChI=1S/C9H16N2O3/c1-3-8(12)11(2)7(9(13)14)5-4-6-10/h3,7H,1,4-6,10H2,2H3,(H,13,14)/t7-/m0/s1. The van der Waals surface area contributed by atoms with Crippen molar-refractivity contribution in [3.8, 4) is 0 Å². The minimum Gasteiger partial charge on any atom is -0.480 e. The quantitative estimate of drug-likeness (QED) is 0.583. The van der Waals surface area contributed by atoms with Gasteiger partial charge in [0, 0.05) is 7.05 Å². The van der Waals surface area contributed by atoms with Gasteiger partial charge < -0.3 is 15.7 Å². The van der Waals surface area contributed by atoms with Crippen LogP contribution < -0.4 is 5.73 Å². The number of hydrogen-bond acceptors (Lipinski definition) is 3. The Morgan fingerprint density at radius 3 is 2.57 bits per heavy atom. The fourth-order valence-electron chi connectivity index (χ4n) is 1.09. The molecule has 5 nitrogen and oxygen atoms in total. The third-order valence-corrected chi connectivity index (χ3v) is 1.96.